The van der Waals surface area contributed by atoms with E-state index in [9.17, 15) is 9.90 Å². The number of benzene rings is 1. The lowest BCUT2D eigenvalue weighted by Gasteiger charge is -2.13. The molecule has 6 nitrogen and oxygen atoms in total. The van der Waals surface area contributed by atoms with Crippen LogP contribution in [-0.4, -0.2) is 32.4 Å². The van der Waals surface area contributed by atoms with Crippen LogP contribution in [0.1, 0.15) is 21.8 Å². The first kappa shape index (κ1) is 17.3. The van der Waals surface area contributed by atoms with Gasteiger partial charge in [0.1, 0.15) is 5.01 Å². The van der Waals surface area contributed by atoms with Gasteiger partial charge in [0.2, 0.25) is 5.91 Å². The zero-order chi connectivity index (χ0) is 18.1. The van der Waals surface area contributed by atoms with Gasteiger partial charge in [0, 0.05) is 18.5 Å². The highest BCUT2D eigenvalue weighted by Crippen LogP contribution is 2.32. The number of carbonyl (C=O) groups excluding carboxylic acids is 1. The van der Waals surface area contributed by atoms with E-state index in [0.29, 0.717) is 16.7 Å². The minimum Gasteiger partial charge on any atom is -0.389 e. The standard InChI is InChI=1S/C18H18N4O2S2/c1-11-17(26-16(9-23)19-11)14-10-25-18(20-14)21-15(24)8-22-6-12-4-2-3-5-13(12)7-22/h2-5,10,23H,6-9H2,1H3,(H,20,21,24). The van der Waals surface area contributed by atoms with Crippen LogP contribution in [0.25, 0.3) is 10.6 Å². The van der Waals surface area contributed by atoms with Crippen LogP contribution in [0.4, 0.5) is 5.13 Å². The van der Waals surface area contributed by atoms with Gasteiger partial charge in [-0.05, 0) is 18.1 Å². The molecule has 4 rings (SSSR count). The van der Waals surface area contributed by atoms with Gasteiger partial charge in [-0.2, -0.15) is 0 Å². The Morgan fingerprint density at radius 3 is 2.65 bits per heavy atom. The Morgan fingerprint density at radius 1 is 1.27 bits per heavy atom. The predicted octanol–water partition coefficient (Wildman–Crippen LogP) is 3.02. The van der Waals surface area contributed by atoms with Crippen LogP contribution in [0.15, 0.2) is 29.6 Å². The third kappa shape index (κ3) is 3.54. The van der Waals surface area contributed by atoms with Crippen molar-refractivity contribution in [1.29, 1.82) is 0 Å². The molecule has 0 aliphatic carbocycles. The number of amides is 1. The first-order chi connectivity index (χ1) is 12.6. The van der Waals surface area contributed by atoms with E-state index in [1.54, 1.807) is 0 Å². The average molecular weight is 387 g/mol. The van der Waals surface area contributed by atoms with Crippen LogP contribution >= 0.6 is 22.7 Å². The fourth-order valence-corrected chi connectivity index (χ4v) is 4.75. The number of hydrogen-bond donors (Lipinski definition) is 2. The maximum Gasteiger partial charge on any atom is 0.240 e. The van der Waals surface area contributed by atoms with Crippen molar-refractivity contribution in [1.82, 2.24) is 14.9 Å². The molecule has 8 heteroatoms. The molecular weight excluding hydrogens is 368 g/mol. The number of aliphatic hydroxyl groups excluding tert-OH is 1. The van der Waals surface area contributed by atoms with Crippen LogP contribution in [0, 0.1) is 6.92 Å². The van der Waals surface area contributed by atoms with Gasteiger partial charge < -0.3 is 10.4 Å². The molecule has 1 aliphatic heterocycles. The summed E-state index contributed by atoms with van der Waals surface area (Å²) in [5.74, 6) is -0.0595. The van der Waals surface area contributed by atoms with E-state index in [1.165, 1.54) is 33.8 Å². The molecule has 1 amide bonds. The van der Waals surface area contributed by atoms with Gasteiger partial charge in [0.25, 0.3) is 0 Å². The molecule has 0 fully saturated rings. The molecule has 0 saturated heterocycles. The zero-order valence-electron chi connectivity index (χ0n) is 14.2. The van der Waals surface area contributed by atoms with Gasteiger partial charge in [0.15, 0.2) is 5.13 Å². The number of nitrogens with zero attached hydrogens (tertiary/aromatic N) is 3. The minimum atomic E-state index is -0.0720. The summed E-state index contributed by atoms with van der Waals surface area (Å²) < 4.78 is 0. The molecule has 134 valence electrons. The Morgan fingerprint density at radius 2 is 2.00 bits per heavy atom. The van der Waals surface area contributed by atoms with Crippen LogP contribution in [-0.2, 0) is 24.5 Å². The predicted molar refractivity (Wildman–Crippen MR) is 103 cm³/mol. The van der Waals surface area contributed by atoms with Crippen LogP contribution in [0.2, 0.25) is 0 Å². The third-order valence-corrected chi connectivity index (χ3v) is 6.16. The Labute approximate surface area is 159 Å². The van der Waals surface area contributed by atoms with Crippen LogP contribution in [0.3, 0.4) is 0 Å². The molecule has 0 bridgehead atoms. The third-order valence-electron chi connectivity index (χ3n) is 4.23. The zero-order valence-corrected chi connectivity index (χ0v) is 15.9. The Bertz CT molecular complexity index is 925. The van der Waals surface area contributed by atoms with E-state index in [4.69, 9.17) is 0 Å². The first-order valence-electron chi connectivity index (χ1n) is 8.24. The fourth-order valence-electron chi connectivity index (χ4n) is 3.07. The molecule has 1 aromatic carbocycles. The Balaban J connectivity index is 1.38. The van der Waals surface area contributed by atoms with Gasteiger partial charge in [-0.15, -0.1) is 22.7 Å². The molecule has 1 aliphatic rings. The van der Waals surface area contributed by atoms with Gasteiger partial charge in [-0.1, -0.05) is 24.3 Å². The largest absolute Gasteiger partial charge is 0.389 e. The summed E-state index contributed by atoms with van der Waals surface area (Å²) in [6.07, 6.45) is 0. The second kappa shape index (κ2) is 7.24. The Hall–Kier alpha value is -2.13. The second-order valence-electron chi connectivity index (χ2n) is 6.18. The lowest BCUT2D eigenvalue weighted by molar-refractivity contribution is -0.117. The van der Waals surface area contributed by atoms with Crippen molar-refractivity contribution >= 4 is 33.7 Å². The van der Waals surface area contributed by atoms with Crippen molar-refractivity contribution in [3.05, 3.63) is 51.5 Å². The number of aromatic nitrogens is 2. The lowest BCUT2D eigenvalue weighted by atomic mass is 10.1. The number of anilines is 1. The SMILES string of the molecule is Cc1nc(CO)sc1-c1csc(NC(=O)CN2Cc3ccccc3C2)n1. The first-order valence-corrected chi connectivity index (χ1v) is 9.94. The number of thiazole rings is 2. The van der Waals surface area contributed by atoms with Crippen molar-refractivity contribution in [2.75, 3.05) is 11.9 Å². The van der Waals surface area contributed by atoms with E-state index in [2.05, 4.69) is 32.3 Å². The van der Waals surface area contributed by atoms with Crippen LogP contribution in [0.5, 0.6) is 0 Å². The molecule has 0 atom stereocenters. The van der Waals surface area contributed by atoms with Crippen LogP contribution < -0.4 is 5.32 Å². The maximum absolute atomic E-state index is 12.4. The normalized spacial score (nSPS) is 13.8. The van der Waals surface area contributed by atoms with Gasteiger partial charge in [-0.3, -0.25) is 9.69 Å². The van der Waals surface area contributed by atoms with Crippen molar-refractivity contribution in [2.24, 2.45) is 0 Å². The molecule has 3 heterocycles. The summed E-state index contributed by atoms with van der Waals surface area (Å²) in [4.78, 5) is 24.2. The topological polar surface area (TPSA) is 78.4 Å². The molecule has 0 spiro atoms. The van der Waals surface area contributed by atoms with Gasteiger partial charge >= 0.3 is 0 Å². The maximum atomic E-state index is 12.4. The number of aryl methyl sites for hydroxylation is 1. The number of nitrogens with one attached hydrogen (secondary N) is 1. The summed E-state index contributed by atoms with van der Waals surface area (Å²) in [7, 11) is 0. The second-order valence-corrected chi connectivity index (χ2v) is 8.12. The summed E-state index contributed by atoms with van der Waals surface area (Å²) in [6, 6.07) is 8.28. The number of fused-ring (bicyclic) bond motifs is 1. The highest BCUT2D eigenvalue weighted by atomic mass is 32.1. The number of carbonyl (C=O) groups is 1. The molecule has 0 unspecified atom stereocenters. The molecule has 26 heavy (non-hydrogen) atoms. The van der Waals surface area contributed by atoms with E-state index in [-0.39, 0.29) is 12.5 Å². The van der Waals surface area contributed by atoms with E-state index in [1.807, 2.05) is 24.4 Å². The summed E-state index contributed by atoms with van der Waals surface area (Å²) in [6.45, 7) is 3.77. The lowest BCUT2D eigenvalue weighted by Crippen LogP contribution is -2.29. The molecule has 0 saturated carbocycles. The number of rotatable bonds is 5. The summed E-state index contributed by atoms with van der Waals surface area (Å²) in [5.41, 5.74) is 4.21. The highest BCUT2D eigenvalue weighted by Gasteiger charge is 2.21. The van der Waals surface area contributed by atoms with Crippen molar-refractivity contribution in [3.8, 4) is 10.6 Å². The molecule has 3 aromatic rings. The molecule has 0 radical (unpaired) electrons. The van der Waals surface area contributed by atoms with Crippen molar-refractivity contribution in [3.63, 3.8) is 0 Å². The fraction of sp³-hybridized carbons (Fsp3) is 0.278. The molecule has 2 aromatic heterocycles. The van der Waals surface area contributed by atoms with Crippen molar-refractivity contribution < 1.29 is 9.90 Å². The number of hydrogen-bond acceptors (Lipinski definition) is 7. The van der Waals surface area contributed by atoms with E-state index < -0.39 is 0 Å². The number of aliphatic hydroxyl groups is 1. The summed E-state index contributed by atoms with van der Waals surface area (Å²) >= 11 is 2.82. The van der Waals surface area contributed by atoms with E-state index >= 15 is 0 Å². The monoisotopic (exact) mass is 386 g/mol. The van der Waals surface area contributed by atoms with Crippen molar-refractivity contribution in [2.45, 2.75) is 26.6 Å². The quantitative estimate of drug-likeness (QED) is 0.705. The molecule has 2 N–H and O–H groups in total. The van der Waals surface area contributed by atoms with Gasteiger partial charge in [-0.25, -0.2) is 9.97 Å². The smallest absolute Gasteiger partial charge is 0.240 e. The Kier molecular flexibility index (Phi) is 4.82. The van der Waals surface area contributed by atoms with E-state index in [0.717, 1.165) is 29.4 Å². The highest BCUT2D eigenvalue weighted by molar-refractivity contribution is 7.17. The average Bonchev–Trinajstić information content (AvgIpc) is 3.32. The molecular formula is C18H18N4O2S2. The minimum absolute atomic E-state index is 0.0595. The van der Waals surface area contributed by atoms with Gasteiger partial charge in [0.05, 0.1) is 29.4 Å². The summed E-state index contributed by atoms with van der Waals surface area (Å²) in [5, 5.41) is 15.3.